The van der Waals surface area contributed by atoms with Crippen LogP contribution in [0.15, 0.2) is 47.4 Å². The Morgan fingerprint density at radius 3 is 2.49 bits per heavy atom. The van der Waals surface area contributed by atoms with Gasteiger partial charge in [0.2, 0.25) is 12.7 Å². The first kappa shape index (κ1) is 23.1. The summed E-state index contributed by atoms with van der Waals surface area (Å²) in [6.45, 7) is 4.59. The topological polar surface area (TPSA) is 88.6 Å². The first-order valence-corrected chi connectivity index (χ1v) is 12.2. The van der Waals surface area contributed by atoms with Gasteiger partial charge in [0.25, 0.3) is 11.1 Å². The number of amides is 3. The molecular formula is C25H25N3O6S. The minimum absolute atomic E-state index is 0.114. The third-order valence-corrected chi connectivity index (χ3v) is 6.92. The van der Waals surface area contributed by atoms with Crippen LogP contribution in [0, 0.1) is 0 Å². The van der Waals surface area contributed by atoms with Crippen molar-refractivity contribution < 1.29 is 28.6 Å². The lowest BCUT2D eigenvalue weighted by atomic mass is 10.1. The Bertz CT molecular complexity index is 1180. The van der Waals surface area contributed by atoms with Gasteiger partial charge in [-0.2, -0.15) is 0 Å². The van der Waals surface area contributed by atoms with Gasteiger partial charge in [0.15, 0.2) is 11.5 Å². The van der Waals surface area contributed by atoms with Gasteiger partial charge in [-0.25, -0.2) is 0 Å². The quantitative estimate of drug-likeness (QED) is 0.565. The third kappa shape index (κ3) is 4.79. The highest BCUT2D eigenvalue weighted by molar-refractivity contribution is 8.18. The van der Waals surface area contributed by atoms with Crippen molar-refractivity contribution in [2.75, 3.05) is 51.0 Å². The summed E-state index contributed by atoms with van der Waals surface area (Å²) in [6, 6.07) is 13.5. The van der Waals surface area contributed by atoms with Crippen LogP contribution in [0.4, 0.5) is 10.5 Å². The maximum Gasteiger partial charge on any atom is 0.294 e. The van der Waals surface area contributed by atoms with Gasteiger partial charge in [-0.15, -0.1) is 0 Å². The molecule has 5 rings (SSSR count). The summed E-state index contributed by atoms with van der Waals surface area (Å²) in [4.78, 5) is 43.7. The molecule has 0 N–H and O–H groups in total. The standard InChI is InChI=1S/C25H25N3O6S/c1-2-32-19-14-21-20(33-16-34-21)12-17(19)13-22-24(30)28(25(31)35-22)15-23(29)27-10-8-26(9-11-27)18-6-4-3-5-7-18/h3-7,12-14H,2,8-11,15-16H2,1H3. The number of ether oxygens (including phenoxy) is 3. The zero-order valence-corrected chi connectivity index (χ0v) is 20.1. The second-order valence-corrected chi connectivity index (χ2v) is 9.14. The van der Waals surface area contributed by atoms with E-state index < -0.39 is 11.1 Å². The van der Waals surface area contributed by atoms with Crippen LogP contribution in [-0.4, -0.2) is 73.0 Å². The van der Waals surface area contributed by atoms with Crippen molar-refractivity contribution in [2.45, 2.75) is 6.92 Å². The van der Waals surface area contributed by atoms with Crippen molar-refractivity contribution in [1.29, 1.82) is 0 Å². The molecule has 0 aliphatic carbocycles. The highest BCUT2D eigenvalue weighted by Crippen LogP contribution is 2.41. The molecule has 0 aromatic heterocycles. The molecule has 3 amide bonds. The zero-order chi connectivity index (χ0) is 24.4. The molecule has 2 aromatic carbocycles. The summed E-state index contributed by atoms with van der Waals surface area (Å²) >= 11 is 0.815. The number of hydrogen-bond donors (Lipinski definition) is 0. The van der Waals surface area contributed by atoms with Crippen molar-refractivity contribution in [3.8, 4) is 17.2 Å². The number of carbonyl (C=O) groups excluding carboxylic acids is 3. The molecule has 2 saturated heterocycles. The van der Waals surface area contributed by atoms with E-state index in [-0.39, 0.29) is 24.2 Å². The maximum absolute atomic E-state index is 13.0. The molecule has 2 fully saturated rings. The number of rotatable bonds is 6. The van der Waals surface area contributed by atoms with Crippen molar-refractivity contribution in [1.82, 2.24) is 9.80 Å². The van der Waals surface area contributed by atoms with Gasteiger partial charge in [0.1, 0.15) is 12.3 Å². The molecule has 0 spiro atoms. The number of fused-ring (bicyclic) bond motifs is 1. The lowest BCUT2D eigenvalue weighted by Gasteiger charge is -2.36. The van der Waals surface area contributed by atoms with Crippen LogP contribution in [0.5, 0.6) is 17.2 Å². The van der Waals surface area contributed by atoms with Gasteiger partial charge in [0.05, 0.1) is 11.5 Å². The molecule has 0 unspecified atom stereocenters. The van der Waals surface area contributed by atoms with Gasteiger partial charge < -0.3 is 24.0 Å². The maximum atomic E-state index is 13.0. The Balaban J connectivity index is 1.25. The first-order valence-electron chi connectivity index (χ1n) is 11.4. The largest absolute Gasteiger partial charge is 0.493 e. The molecule has 182 valence electrons. The van der Waals surface area contributed by atoms with Crippen molar-refractivity contribution in [3.05, 3.63) is 52.9 Å². The Kier molecular flexibility index (Phi) is 6.54. The lowest BCUT2D eigenvalue weighted by molar-refractivity contribution is -0.136. The van der Waals surface area contributed by atoms with Crippen molar-refractivity contribution >= 4 is 40.6 Å². The SMILES string of the molecule is CCOc1cc2c(cc1C=C1SC(=O)N(CC(=O)N3CCN(c4ccccc4)CC3)C1=O)OCO2. The fourth-order valence-electron chi connectivity index (χ4n) is 4.20. The van der Waals surface area contributed by atoms with Crippen LogP contribution in [0.1, 0.15) is 12.5 Å². The average Bonchev–Trinajstić information content (AvgIpc) is 3.44. The van der Waals surface area contributed by atoms with E-state index in [0.29, 0.717) is 55.6 Å². The molecule has 2 aromatic rings. The Hall–Kier alpha value is -3.66. The number of hydrogen-bond acceptors (Lipinski definition) is 8. The molecule has 0 atom stereocenters. The molecule has 3 heterocycles. The first-order chi connectivity index (χ1) is 17.0. The monoisotopic (exact) mass is 495 g/mol. The number of nitrogens with zero attached hydrogens (tertiary/aromatic N) is 3. The summed E-state index contributed by atoms with van der Waals surface area (Å²) in [5.41, 5.74) is 1.72. The van der Waals surface area contributed by atoms with Crippen molar-refractivity contribution in [2.24, 2.45) is 0 Å². The summed E-state index contributed by atoms with van der Waals surface area (Å²) in [7, 11) is 0. The van der Waals surface area contributed by atoms with Gasteiger partial charge in [-0.05, 0) is 43.0 Å². The fourth-order valence-corrected chi connectivity index (χ4v) is 5.03. The van der Waals surface area contributed by atoms with Gasteiger partial charge in [-0.1, -0.05) is 18.2 Å². The van der Waals surface area contributed by atoms with E-state index in [4.69, 9.17) is 14.2 Å². The van der Waals surface area contributed by atoms with Crippen molar-refractivity contribution in [3.63, 3.8) is 0 Å². The third-order valence-electron chi connectivity index (χ3n) is 6.01. The number of imide groups is 1. The Labute approximate surface area is 207 Å². The highest BCUT2D eigenvalue weighted by Gasteiger charge is 2.38. The zero-order valence-electron chi connectivity index (χ0n) is 19.3. The molecule has 3 aliphatic rings. The van der Waals surface area contributed by atoms with Crippen LogP contribution in [0.25, 0.3) is 6.08 Å². The molecular weight excluding hydrogens is 470 g/mol. The number of piperazine rings is 1. The second-order valence-electron chi connectivity index (χ2n) is 8.15. The predicted molar refractivity (Wildman–Crippen MR) is 132 cm³/mol. The number of benzene rings is 2. The smallest absolute Gasteiger partial charge is 0.294 e. The molecule has 9 nitrogen and oxygen atoms in total. The Morgan fingerprint density at radius 1 is 1.06 bits per heavy atom. The van der Waals surface area contributed by atoms with Gasteiger partial charge >= 0.3 is 0 Å². The average molecular weight is 496 g/mol. The Morgan fingerprint density at radius 2 is 1.77 bits per heavy atom. The van der Waals surface area contributed by atoms with E-state index in [1.807, 2.05) is 37.3 Å². The number of carbonyl (C=O) groups is 3. The normalized spacial score (nSPS) is 18.5. The molecule has 0 bridgehead atoms. The number of anilines is 1. The molecule has 10 heteroatoms. The molecule has 3 aliphatic heterocycles. The van der Waals surface area contributed by atoms with E-state index >= 15 is 0 Å². The van der Waals surface area contributed by atoms with Crippen LogP contribution < -0.4 is 19.1 Å². The van der Waals surface area contributed by atoms with Crippen LogP contribution in [0.3, 0.4) is 0 Å². The van der Waals surface area contributed by atoms with E-state index in [2.05, 4.69) is 4.90 Å². The van der Waals surface area contributed by atoms with Crippen LogP contribution in [0.2, 0.25) is 0 Å². The van der Waals surface area contributed by atoms with Gasteiger partial charge in [-0.3, -0.25) is 19.3 Å². The minimum atomic E-state index is -0.489. The minimum Gasteiger partial charge on any atom is -0.493 e. The summed E-state index contributed by atoms with van der Waals surface area (Å²) in [6.07, 6.45) is 1.60. The molecule has 0 radical (unpaired) electrons. The summed E-state index contributed by atoms with van der Waals surface area (Å²) < 4.78 is 16.5. The second kappa shape index (κ2) is 9.91. The fraction of sp³-hybridized carbons (Fsp3) is 0.320. The van der Waals surface area contributed by atoms with Crippen LogP contribution >= 0.6 is 11.8 Å². The van der Waals surface area contributed by atoms with Crippen LogP contribution in [-0.2, 0) is 9.59 Å². The summed E-state index contributed by atoms with van der Waals surface area (Å²) in [5, 5.41) is -0.462. The summed E-state index contributed by atoms with van der Waals surface area (Å²) in [5.74, 6) is 0.909. The van der Waals surface area contributed by atoms with E-state index in [1.165, 1.54) is 0 Å². The van der Waals surface area contributed by atoms with E-state index in [0.717, 1.165) is 22.3 Å². The molecule has 35 heavy (non-hydrogen) atoms. The predicted octanol–water partition coefficient (Wildman–Crippen LogP) is 3.20. The lowest BCUT2D eigenvalue weighted by Crippen LogP contribution is -2.51. The van der Waals surface area contributed by atoms with Gasteiger partial charge in [0, 0.05) is 43.5 Å². The van der Waals surface area contributed by atoms with E-state index in [1.54, 1.807) is 23.1 Å². The highest BCUT2D eigenvalue weighted by atomic mass is 32.2. The number of thioether (sulfide) groups is 1. The number of para-hydroxylation sites is 1. The van der Waals surface area contributed by atoms with E-state index in [9.17, 15) is 14.4 Å². The molecule has 0 saturated carbocycles.